The molecule has 0 unspecified atom stereocenters. The number of anilines is 1. The normalized spacial score (nSPS) is 15.0. The van der Waals surface area contributed by atoms with E-state index in [0.29, 0.717) is 38.5 Å². The second-order valence-electron chi connectivity index (χ2n) is 7.65. The molecule has 0 aliphatic carbocycles. The highest BCUT2D eigenvalue weighted by Crippen LogP contribution is 2.16. The molecule has 3 rings (SSSR count). The van der Waals surface area contributed by atoms with Crippen molar-refractivity contribution in [1.29, 1.82) is 0 Å². The highest BCUT2D eigenvalue weighted by molar-refractivity contribution is 5.68. The lowest BCUT2D eigenvalue weighted by Gasteiger charge is -2.35. The molecule has 1 aromatic carbocycles. The van der Waals surface area contributed by atoms with Crippen LogP contribution in [0, 0.1) is 5.82 Å². The topological polar surface area (TPSA) is 58.6 Å². The maximum atomic E-state index is 13.0. The fourth-order valence-electron chi connectivity index (χ4n) is 2.86. The van der Waals surface area contributed by atoms with Crippen LogP contribution in [0.5, 0.6) is 0 Å². The number of rotatable bonds is 3. The van der Waals surface area contributed by atoms with E-state index < -0.39 is 5.60 Å². The molecule has 0 saturated carbocycles. The standard InChI is InChI=1S/C20H25FN4O2/c1-20(2,3)27-19(26)25-10-8-24(9-11-25)18-22-13-16(14-23-18)12-15-4-6-17(21)7-5-15/h4-7,13-14H,8-12H2,1-3H3. The molecule has 0 bridgehead atoms. The van der Waals surface area contributed by atoms with Crippen molar-refractivity contribution < 1.29 is 13.9 Å². The van der Waals surface area contributed by atoms with Gasteiger partial charge in [0.15, 0.2) is 0 Å². The molecular formula is C20H25FN4O2. The van der Waals surface area contributed by atoms with Gasteiger partial charge in [0.05, 0.1) is 0 Å². The van der Waals surface area contributed by atoms with Gasteiger partial charge in [-0.1, -0.05) is 12.1 Å². The molecule has 0 N–H and O–H groups in total. The molecule has 1 saturated heterocycles. The number of ether oxygens (including phenoxy) is 1. The molecule has 1 fully saturated rings. The third-order valence-electron chi connectivity index (χ3n) is 4.23. The zero-order chi connectivity index (χ0) is 19.4. The van der Waals surface area contributed by atoms with E-state index in [0.717, 1.165) is 11.1 Å². The Kier molecular flexibility index (Phi) is 5.58. The maximum absolute atomic E-state index is 13.0. The Hall–Kier alpha value is -2.70. The second kappa shape index (κ2) is 7.90. The van der Waals surface area contributed by atoms with E-state index >= 15 is 0 Å². The zero-order valence-electron chi connectivity index (χ0n) is 16.0. The Bertz CT molecular complexity index is 764. The van der Waals surface area contributed by atoms with Gasteiger partial charge in [0, 0.05) is 45.0 Å². The van der Waals surface area contributed by atoms with Crippen molar-refractivity contribution in [2.45, 2.75) is 32.8 Å². The van der Waals surface area contributed by atoms with E-state index in [2.05, 4.69) is 14.9 Å². The van der Waals surface area contributed by atoms with Gasteiger partial charge in [-0.25, -0.2) is 19.2 Å². The molecule has 0 spiro atoms. The van der Waals surface area contributed by atoms with Crippen molar-refractivity contribution in [3.63, 3.8) is 0 Å². The van der Waals surface area contributed by atoms with Crippen molar-refractivity contribution in [3.05, 3.63) is 53.6 Å². The SMILES string of the molecule is CC(C)(C)OC(=O)N1CCN(c2ncc(Cc3ccc(F)cc3)cn2)CC1. The number of nitrogens with zero attached hydrogens (tertiary/aromatic N) is 4. The molecule has 2 heterocycles. The molecule has 27 heavy (non-hydrogen) atoms. The molecule has 1 aliphatic heterocycles. The van der Waals surface area contributed by atoms with Gasteiger partial charge in [-0.2, -0.15) is 0 Å². The Morgan fingerprint density at radius 2 is 1.63 bits per heavy atom. The van der Waals surface area contributed by atoms with E-state index in [1.54, 1.807) is 29.4 Å². The third kappa shape index (κ3) is 5.39. The van der Waals surface area contributed by atoms with Crippen molar-refractivity contribution in [1.82, 2.24) is 14.9 Å². The number of amides is 1. The predicted octanol–water partition coefficient (Wildman–Crippen LogP) is 3.26. The monoisotopic (exact) mass is 372 g/mol. The molecule has 6 nitrogen and oxygen atoms in total. The van der Waals surface area contributed by atoms with Gasteiger partial charge in [0.1, 0.15) is 11.4 Å². The Labute approximate surface area is 159 Å². The van der Waals surface area contributed by atoms with E-state index in [-0.39, 0.29) is 11.9 Å². The number of carbonyl (C=O) groups excluding carboxylic acids is 1. The van der Waals surface area contributed by atoms with Crippen LogP contribution in [-0.2, 0) is 11.2 Å². The van der Waals surface area contributed by atoms with Crippen LogP contribution in [-0.4, -0.2) is 52.7 Å². The summed E-state index contributed by atoms with van der Waals surface area (Å²) >= 11 is 0. The molecule has 0 atom stereocenters. The molecule has 0 radical (unpaired) electrons. The fourth-order valence-corrected chi connectivity index (χ4v) is 2.86. The number of hydrogen-bond donors (Lipinski definition) is 0. The average molecular weight is 372 g/mol. The van der Waals surface area contributed by atoms with Crippen LogP contribution in [0.4, 0.5) is 15.1 Å². The quantitative estimate of drug-likeness (QED) is 0.828. The van der Waals surface area contributed by atoms with Gasteiger partial charge < -0.3 is 14.5 Å². The summed E-state index contributed by atoms with van der Waals surface area (Å²) in [6.07, 6.45) is 3.97. The van der Waals surface area contributed by atoms with Crippen molar-refractivity contribution in [3.8, 4) is 0 Å². The van der Waals surface area contributed by atoms with E-state index in [1.165, 1.54) is 12.1 Å². The zero-order valence-corrected chi connectivity index (χ0v) is 16.0. The molecule has 1 amide bonds. The Morgan fingerprint density at radius 1 is 1.04 bits per heavy atom. The van der Waals surface area contributed by atoms with Gasteiger partial charge in [-0.3, -0.25) is 0 Å². The molecular weight excluding hydrogens is 347 g/mol. The number of carbonyl (C=O) groups is 1. The van der Waals surface area contributed by atoms with Crippen molar-refractivity contribution in [2.24, 2.45) is 0 Å². The third-order valence-corrected chi connectivity index (χ3v) is 4.23. The summed E-state index contributed by atoms with van der Waals surface area (Å²) in [5, 5.41) is 0. The van der Waals surface area contributed by atoms with Gasteiger partial charge in [-0.15, -0.1) is 0 Å². The molecule has 1 aromatic heterocycles. The van der Waals surface area contributed by atoms with E-state index in [4.69, 9.17) is 4.74 Å². The van der Waals surface area contributed by atoms with Crippen molar-refractivity contribution in [2.75, 3.05) is 31.1 Å². The first kappa shape index (κ1) is 19.1. The van der Waals surface area contributed by atoms with Gasteiger partial charge in [0.25, 0.3) is 0 Å². The largest absolute Gasteiger partial charge is 0.444 e. The summed E-state index contributed by atoms with van der Waals surface area (Å²) in [6.45, 7) is 8.08. The van der Waals surface area contributed by atoms with Crippen molar-refractivity contribution >= 4 is 12.0 Å². The van der Waals surface area contributed by atoms with Crippen LogP contribution in [0.25, 0.3) is 0 Å². The lowest BCUT2D eigenvalue weighted by atomic mass is 10.1. The number of benzene rings is 1. The minimum atomic E-state index is -0.488. The predicted molar refractivity (Wildman–Crippen MR) is 101 cm³/mol. The Balaban J connectivity index is 1.54. The summed E-state index contributed by atoms with van der Waals surface area (Å²) in [4.78, 5) is 24.8. The van der Waals surface area contributed by atoms with Crippen LogP contribution in [0.1, 0.15) is 31.9 Å². The number of hydrogen-bond acceptors (Lipinski definition) is 5. The minimum Gasteiger partial charge on any atom is -0.444 e. The van der Waals surface area contributed by atoms with Crippen LogP contribution in [0.2, 0.25) is 0 Å². The van der Waals surface area contributed by atoms with Crippen LogP contribution in [0.15, 0.2) is 36.7 Å². The summed E-state index contributed by atoms with van der Waals surface area (Å²) in [6, 6.07) is 6.43. The molecule has 1 aliphatic rings. The summed E-state index contributed by atoms with van der Waals surface area (Å²) < 4.78 is 18.4. The first-order valence-electron chi connectivity index (χ1n) is 9.08. The van der Waals surface area contributed by atoms with E-state index in [9.17, 15) is 9.18 Å². The first-order valence-corrected chi connectivity index (χ1v) is 9.08. The van der Waals surface area contributed by atoms with Crippen LogP contribution >= 0.6 is 0 Å². The van der Waals surface area contributed by atoms with Crippen LogP contribution < -0.4 is 4.90 Å². The highest BCUT2D eigenvalue weighted by atomic mass is 19.1. The van der Waals surface area contributed by atoms with Gasteiger partial charge in [-0.05, 0) is 44.0 Å². The average Bonchev–Trinajstić information content (AvgIpc) is 2.63. The lowest BCUT2D eigenvalue weighted by Crippen LogP contribution is -2.50. The van der Waals surface area contributed by atoms with Gasteiger partial charge >= 0.3 is 6.09 Å². The second-order valence-corrected chi connectivity index (χ2v) is 7.65. The number of halogens is 1. The van der Waals surface area contributed by atoms with E-state index in [1.807, 2.05) is 20.8 Å². The molecule has 144 valence electrons. The first-order chi connectivity index (χ1) is 12.8. The highest BCUT2D eigenvalue weighted by Gasteiger charge is 2.26. The number of piperazine rings is 1. The fraction of sp³-hybridized carbons (Fsp3) is 0.450. The number of aromatic nitrogens is 2. The summed E-state index contributed by atoms with van der Waals surface area (Å²) in [5.74, 6) is 0.414. The summed E-state index contributed by atoms with van der Waals surface area (Å²) in [5.41, 5.74) is 1.49. The Morgan fingerprint density at radius 3 is 2.19 bits per heavy atom. The lowest BCUT2D eigenvalue weighted by molar-refractivity contribution is 0.0240. The summed E-state index contributed by atoms with van der Waals surface area (Å²) in [7, 11) is 0. The smallest absolute Gasteiger partial charge is 0.410 e. The molecule has 2 aromatic rings. The van der Waals surface area contributed by atoms with Crippen LogP contribution in [0.3, 0.4) is 0 Å². The molecule has 7 heteroatoms. The maximum Gasteiger partial charge on any atom is 0.410 e. The minimum absolute atomic E-state index is 0.240. The van der Waals surface area contributed by atoms with Gasteiger partial charge in [0.2, 0.25) is 5.95 Å².